The summed E-state index contributed by atoms with van der Waals surface area (Å²) >= 11 is 0. The van der Waals surface area contributed by atoms with Crippen LogP contribution in [0.25, 0.3) is 0 Å². The second kappa shape index (κ2) is 12.2. The van der Waals surface area contributed by atoms with E-state index >= 15 is 0 Å². The van der Waals surface area contributed by atoms with Crippen molar-refractivity contribution in [3.05, 3.63) is 23.8 Å². The van der Waals surface area contributed by atoms with Gasteiger partial charge in [-0.05, 0) is 12.1 Å². The molecular formula is C20H27BN2O10. The maximum Gasteiger partial charge on any atom is 0.409 e. The zero-order valence-corrected chi connectivity index (χ0v) is 18.6. The molecule has 1 aliphatic heterocycles. The molecule has 13 heteroatoms. The number of hydrogen-bond donors (Lipinski definition) is 2. The standard InChI is InChI=1S/C20H27BN2O10/c1-22(6-7-23(2)20(28)33-21)19(27)30-11-12-4-5-14(29-3)10-15(12)31-17-9-13(24)8-16(32-17)18(25)26/h4-5,10,13,16-17,24H,6-9,11H2,1-3H3,(H,25,26)/t13-,16-,17+/m0/s1. The molecule has 0 bridgehead atoms. The van der Waals surface area contributed by atoms with Gasteiger partial charge in [0.15, 0.2) is 6.10 Å². The van der Waals surface area contributed by atoms with E-state index in [0.29, 0.717) is 11.3 Å². The second-order valence-corrected chi connectivity index (χ2v) is 7.39. The Balaban J connectivity index is 2.01. The van der Waals surface area contributed by atoms with Crippen molar-refractivity contribution in [2.75, 3.05) is 34.3 Å². The van der Waals surface area contributed by atoms with Gasteiger partial charge in [0.1, 0.15) is 18.1 Å². The number of nitrogens with zero attached hydrogens (tertiary/aromatic N) is 2. The normalized spacial score (nSPS) is 19.8. The Morgan fingerprint density at radius 2 is 1.82 bits per heavy atom. The Kier molecular flexibility index (Phi) is 9.61. The molecule has 1 heterocycles. The van der Waals surface area contributed by atoms with E-state index < -0.39 is 36.7 Å². The van der Waals surface area contributed by atoms with Gasteiger partial charge in [-0.25, -0.2) is 14.4 Å². The number of carboxylic acids is 1. The quantitative estimate of drug-likeness (QED) is 0.500. The molecule has 0 aliphatic carbocycles. The molecule has 0 spiro atoms. The number of hydrogen-bond acceptors (Lipinski definition) is 9. The number of rotatable bonds is 9. The molecule has 2 N–H and O–H groups in total. The van der Waals surface area contributed by atoms with Crippen LogP contribution < -0.4 is 9.47 Å². The third kappa shape index (κ3) is 7.72. The largest absolute Gasteiger partial charge is 0.528 e. The minimum atomic E-state index is -1.20. The lowest BCUT2D eigenvalue weighted by Crippen LogP contribution is -2.42. The van der Waals surface area contributed by atoms with Crippen molar-refractivity contribution in [1.82, 2.24) is 9.80 Å². The smallest absolute Gasteiger partial charge is 0.409 e. The predicted octanol–water partition coefficient (Wildman–Crippen LogP) is 0.745. The van der Waals surface area contributed by atoms with E-state index in [1.807, 2.05) is 0 Å². The van der Waals surface area contributed by atoms with Crippen molar-refractivity contribution in [3.63, 3.8) is 0 Å². The second-order valence-electron chi connectivity index (χ2n) is 7.39. The number of aliphatic hydroxyl groups excluding tert-OH is 1. The molecule has 0 aromatic heterocycles. The zero-order chi connectivity index (χ0) is 24.5. The summed E-state index contributed by atoms with van der Waals surface area (Å²) in [6.07, 6.45) is -4.48. The minimum Gasteiger partial charge on any atom is -0.528 e. The monoisotopic (exact) mass is 466 g/mol. The van der Waals surface area contributed by atoms with Gasteiger partial charge in [0.05, 0.1) is 13.2 Å². The van der Waals surface area contributed by atoms with Crippen molar-refractivity contribution in [3.8, 4) is 11.5 Å². The fourth-order valence-corrected chi connectivity index (χ4v) is 2.95. The fraction of sp³-hybridized carbons (Fsp3) is 0.550. The van der Waals surface area contributed by atoms with Gasteiger partial charge in [0, 0.05) is 51.7 Å². The number of amides is 2. The van der Waals surface area contributed by atoms with Crippen LogP contribution in [0.2, 0.25) is 0 Å². The first-order chi connectivity index (χ1) is 15.6. The van der Waals surface area contributed by atoms with Crippen molar-refractivity contribution in [2.45, 2.75) is 37.9 Å². The average Bonchev–Trinajstić information content (AvgIpc) is 2.80. The van der Waals surface area contributed by atoms with Crippen LogP contribution in [-0.4, -0.2) is 99.0 Å². The van der Waals surface area contributed by atoms with Gasteiger partial charge in [-0.3, -0.25) is 0 Å². The summed E-state index contributed by atoms with van der Waals surface area (Å²) < 4.78 is 25.8. The van der Waals surface area contributed by atoms with Crippen molar-refractivity contribution >= 4 is 26.2 Å². The number of ether oxygens (including phenoxy) is 4. The van der Waals surface area contributed by atoms with E-state index in [2.05, 4.69) is 4.65 Å². The summed E-state index contributed by atoms with van der Waals surface area (Å²) in [7, 11) is 9.24. The van der Waals surface area contributed by atoms with E-state index in [-0.39, 0.29) is 38.3 Å². The molecule has 1 fully saturated rings. The van der Waals surface area contributed by atoms with Crippen LogP contribution in [0.4, 0.5) is 9.59 Å². The molecule has 1 aromatic rings. The number of methoxy groups -OCH3 is 1. The third-order valence-corrected chi connectivity index (χ3v) is 4.92. The van der Waals surface area contributed by atoms with Gasteiger partial charge in [-0.2, -0.15) is 0 Å². The highest BCUT2D eigenvalue weighted by Crippen LogP contribution is 2.30. The van der Waals surface area contributed by atoms with Crippen LogP contribution in [-0.2, 0) is 25.5 Å². The van der Waals surface area contributed by atoms with Crippen LogP contribution in [0.1, 0.15) is 18.4 Å². The lowest BCUT2D eigenvalue weighted by molar-refractivity contribution is -0.195. The molecule has 1 aliphatic rings. The lowest BCUT2D eigenvalue weighted by Gasteiger charge is -2.31. The maximum absolute atomic E-state index is 12.3. The lowest BCUT2D eigenvalue weighted by atomic mass is 10.1. The number of carbonyl (C=O) groups excluding carboxylic acids is 2. The molecule has 2 radical (unpaired) electrons. The number of likely N-dealkylation sites (N-methyl/N-ethyl adjacent to an activating group) is 2. The minimum absolute atomic E-state index is 0.0394. The topological polar surface area (TPSA) is 144 Å². The van der Waals surface area contributed by atoms with E-state index in [9.17, 15) is 24.6 Å². The molecule has 12 nitrogen and oxygen atoms in total. The van der Waals surface area contributed by atoms with Crippen LogP contribution >= 0.6 is 0 Å². The van der Waals surface area contributed by atoms with Gasteiger partial charge < -0.3 is 43.6 Å². The molecular weight excluding hydrogens is 439 g/mol. The fourth-order valence-electron chi connectivity index (χ4n) is 2.95. The number of carboxylic acid groups (broad SMARTS) is 1. The summed E-state index contributed by atoms with van der Waals surface area (Å²) in [6.45, 7) is 0.173. The molecule has 2 rings (SSSR count). The highest BCUT2D eigenvalue weighted by Gasteiger charge is 2.34. The molecule has 3 atom stereocenters. The first kappa shape index (κ1) is 26.1. The summed E-state index contributed by atoms with van der Waals surface area (Å²) in [5, 5.41) is 19.1. The number of carbonyl (C=O) groups is 3. The highest BCUT2D eigenvalue weighted by atomic mass is 16.7. The van der Waals surface area contributed by atoms with Crippen LogP contribution in [0.3, 0.4) is 0 Å². The van der Waals surface area contributed by atoms with Gasteiger partial charge in [-0.15, -0.1) is 0 Å². The third-order valence-electron chi connectivity index (χ3n) is 4.92. The highest BCUT2D eigenvalue weighted by molar-refractivity contribution is 6.04. The molecule has 0 saturated carbocycles. The molecule has 1 aromatic carbocycles. The Morgan fingerprint density at radius 1 is 1.15 bits per heavy atom. The number of aliphatic carboxylic acids is 1. The molecule has 0 unspecified atom stereocenters. The van der Waals surface area contributed by atoms with E-state index in [0.717, 1.165) is 0 Å². The van der Waals surface area contributed by atoms with Crippen molar-refractivity contribution < 1.29 is 48.2 Å². The van der Waals surface area contributed by atoms with Gasteiger partial charge in [-0.1, -0.05) is 0 Å². The predicted molar refractivity (Wildman–Crippen MR) is 113 cm³/mol. The van der Waals surface area contributed by atoms with E-state index in [4.69, 9.17) is 27.0 Å². The Labute approximate surface area is 192 Å². The molecule has 33 heavy (non-hydrogen) atoms. The van der Waals surface area contributed by atoms with Crippen LogP contribution in [0, 0.1) is 0 Å². The average molecular weight is 466 g/mol. The first-order valence-electron chi connectivity index (χ1n) is 10.0. The van der Waals surface area contributed by atoms with Crippen LogP contribution in [0.15, 0.2) is 18.2 Å². The van der Waals surface area contributed by atoms with Crippen molar-refractivity contribution in [2.24, 2.45) is 0 Å². The van der Waals surface area contributed by atoms with E-state index in [1.54, 1.807) is 18.2 Å². The van der Waals surface area contributed by atoms with Gasteiger partial charge in [0.25, 0.3) is 0 Å². The summed E-state index contributed by atoms with van der Waals surface area (Å²) in [5.74, 6) is -0.493. The maximum atomic E-state index is 12.3. The van der Waals surface area contributed by atoms with Crippen molar-refractivity contribution in [1.29, 1.82) is 0 Å². The van der Waals surface area contributed by atoms with Gasteiger partial charge in [0.2, 0.25) is 6.29 Å². The van der Waals surface area contributed by atoms with Gasteiger partial charge >= 0.3 is 26.2 Å². The molecule has 180 valence electrons. The number of benzene rings is 1. The Bertz CT molecular complexity index is 839. The molecule has 2 amide bonds. The Morgan fingerprint density at radius 3 is 2.42 bits per heavy atom. The SMILES string of the molecule is [B]OC(=O)N(C)CCN(C)C(=O)OCc1ccc(OC)cc1O[C@H]1C[C@@H](O)C[C@@H](C(=O)O)O1. The summed E-state index contributed by atoms with van der Waals surface area (Å²) in [5.41, 5.74) is 0.469. The van der Waals surface area contributed by atoms with E-state index in [1.165, 1.54) is 31.0 Å². The first-order valence-corrected chi connectivity index (χ1v) is 10.0. The zero-order valence-electron chi connectivity index (χ0n) is 18.6. The number of aliphatic hydroxyl groups is 1. The summed E-state index contributed by atoms with van der Waals surface area (Å²) in [6, 6.07) is 4.81. The Hall–Kier alpha value is -3.19. The van der Waals surface area contributed by atoms with Crippen LogP contribution in [0.5, 0.6) is 11.5 Å². The summed E-state index contributed by atoms with van der Waals surface area (Å²) in [4.78, 5) is 37.3. The molecule has 1 saturated heterocycles.